The predicted molar refractivity (Wildman–Crippen MR) is 103 cm³/mol. The Bertz CT molecular complexity index is 1070. The molecule has 1 aliphatic rings. The second-order valence-electron chi connectivity index (χ2n) is 6.66. The molecular weight excluding hydrogens is 342 g/mol. The van der Waals surface area contributed by atoms with E-state index in [4.69, 9.17) is 0 Å². The van der Waals surface area contributed by atoms with Crippen LogP contribution in [-0.4, -0.2) is 22.0 Å². The van der Waals surface area contributed by atoms with Crippen LogP contribution in [0.2, 0.25) is 0 Å². The summed E-state index contributed by atoms with van der Waals surface area (Å²) in [6.45, 7) is 2.01. The van der Waals surface area contributed by atoms with Crippen LogP contribution in [0.5, 0.6) is 11.5 Å². The molecular formula is C22H19NO4. The van der Waals surface area contributed by atoms with Crippen LogP contribution < -0.4 is 4.90 Å². The first-order chi connectivity index (χ1) is 13.1. The Kier molecular flexibility index (Phi) is 4.07. The van der Waals surface area contributed by atoms with Crippen molar-refractivity contribution in [3.8, 4) is 11.5 Å². The monoisotopic (exact) mass is 361 g/mol. The fourth-order valence-electron chi connectivity index (χ4n) is 3.68. The van der Waals surface area contributed by atoms with Gasteiger partial charge in [0.05, 0.1) is 11.3 Å². The maximum Gasteiger partial charge on any atom is 0.269 e. The topological polar surface area (TPSA) is 77.8 Å². The van der Waals surface area contributed by atoms with Gasteiger partial charge in [0.1, 0.15) is 11.5 Å². The summed E-state index contributed by atoms with van der Waals surface area (Å²) in [6.07, 6.45) is 2.10. The van der Waals surface area contributed by atoms with E-state index in [1.807, 2.05) is 6.92 Å². The molecule has 136 valence electrons. The van der Waals surface area contributed by atoms with Crippen LogP contribution in [0.1, 0.15) is 46.0 Å². The lowest BCUT2D eigenvalue weighted by Crippen LogP contribution is -2.40. The van der Waals surface area contributed by atoms with Gasteiger partial charge in [-0.2, -0.15) is 0 Å². The van der Waals surface area contributed by atoms with Crippen molar-refractivity contribution in [3.63, 3.8) is 0 Å². The zero-order valence-corrected chi connectivity index (χ0v) is 14.9. The highest BCUT2D eigenvalue weighted by Gasteiger charge is 2.37. The standard InChI is InChI=1S/C22H19NO4/c1-2-3-10-16-19(24)14-11-7-12-15-17(14)18(20(16)25)22(27)23(21(15)26)13-8-5-4-6-9-13/h4-9,11-12,24-25H,2-3,10H2,1H3. The molecule has 3 aromatic rings. The van der Waals surface area contributed by atoms with Crippen molar-refractivity contribution in [2.75, 3.05) is 4.90 Å². The minimum atomic E-state index is -0.579. The molecule has 0 unspecified atom stereocenters. The molecule has 0 radical (unpaired) electrons. The van der Waals surface area contributed by atoms with Gasteiger partial charge in [0.15, 0.2) is 0 Å². The number of hydrogen-bond donors (Lipinski definition) is 2. The summed E-state index contributed by atoms with van der Waals surface area (Å²) >= 11 is 0. The number of phenols is 2. The van der Waals surface area contributed by atoms with Crippen LogP contribution in [0, 0.1) is 0 Å². The minimum Gasteiger partial charge on any atom is -0.507 e. The number of nitrogens with zero attached hydrogens (tertiary/aromatic N) is 1. The third-order valence-corrected chi connectivity index (χ3v) is 5.02. The zero-order chi connectivity index (χ0) is 19.1. The van der Waals surface area contributed by atoms with Gasteiger partial charge in [-0.1, -0.05) is 43.7 Å². The lowest BCUT2D eigenvalue weighted by molar-refractivity contribution is 0.0892. The molecule has 4 rings (SSSR count). The molecule has 27 heavy (non-hydrogen) atoms. The van der Waals surface area contributed by atoms with Gasteiger partial charge in [0.2, 0.25) is 0 Å². The molecule has 5 heteroatoms. The van der Waals surface area contributed by atoms with E-state index >= 15 is 0 Å². The average Bonchev–Trinajstić information content (AvgIpc) is 2.68. The summed E-state index contributed by atoms with van der Waals surface area (Å²) in [7, 11) is 0. The summed E-state index contributed by atoms with van der Waals surface area (Å²) < 4.78 is 0. The number of carbonyl (C=O) groups is 2. The van der Waals surface area contributed by atoms with Crippen molar-refractivity contribution in [1.82, 2.24) is 0 Å². The van der Waals surface area contributed by atoms with E-state index in [0.717, 1.165) is 17.7 Å². The first-order valence-corrected chi connectivity index (χ1v) is 8.99. The number of benzene rings is 3. The maximum atomic E-state index is 13.2. The normalized spacial score (nSPS) is 13.4. The molecule has 0 aliphatic carbocycles. The van der Waals surface area contributed by atoms with Crippen molar-refractivity contribution < 1.29 is 19.8 Å². The van der Waals surface area contributed by atoms with Gasteiger partial charge in [-0.15, -0.1) is 0 Å². The molecule has 0 saturated carbocycles. The third-order valence-electron chi connectivity index (χ3n) is 5.02. The third kappa shape index (κ3) is 2.46. The summed E-state index contributed by atoms with van der Waals surface area (Å²) in [5.41, 5.74) is 1.16. The Balaban J connectivity index is 2.03. The summed E-state index contributed by atoms with van der Waals surface area (Å²) in [4.78, 5) is 27.4. The number of anilines is 1. The Morgan fingerprint density at radius 1 is 0.889 bits per heavy atom. The van der Waals surface area contributed by atoms with Gasteiger partial charge in [0, 0.05) is 21.9 Å². The number of carbonyl (C=O) groups excluding carboxylic acids is 2. The van der Waals surface area contributed by atoms with Crippen molar-refractivity contribution in [2.24, 2.45) is 0 Å². The molecule has 1 heterocycles. The molecule has 0 spiro atoms. The molecule has 5 nitrogen and oxygen atoms in total. The zero-order valence-electron chi connectivity index (χ0n) is 14.9. The summed E-state index contributed by atoms with van der Waals surface area (Å²) in [5.74, 6) is -1.34. The molecule has 0 bridgehead atoms. The first-order valence-electron chi connectivity index (χ1n) is 8.99. The number of amides is 2. The van der Waals surface area contributed by atoms with E-state index in [1.165, 1.54) is 0 Å². The van der Waals surface area contributed by atoms with Crippen LogP contribution in [0.3, 0.4) is 0 Å². The van der Waals surface area contributed by atoms with Crippen molar-refractivity contribution in [3.05, 3.63) is 65.2 Å². The Morgan fingerprint density at radius 2 is 1.63 bits per heavy atom. The second kappa shape index (κ2) is 6.43. The fourth-order valence-corrected chi connectivity index (χ4v) is 3.68. The van der Waals surface area contributed by atoms with Gasteiger partial charge in [-0.3, -0.25) is 9.59 Å². The predicted octanol–water partition coefficient (Wildman–Crippen LogP) is 4.39. The van der Waals surface area contributed by atoms with Gasteiger partial charge >= 0.3 is 0 Å². The summed E-state index contributed by atoms with van der Waals surface area (Å²) in [6, 6.07) is 13.6. The van der Waals surface area contributed by atoms with Crippen molar-refractivity contribution in [1.29, 1.82) is 0 Å². The van der Waals surface area contributed by atoms with Crippen molar-refractivity contribution >= 4 is 28.3 Å². The number of imide groups is 1. The number of aromatic hydroxyl groups is 2. The largest absolute Gasteiger partial charge is 0.507 e. The van der Waals surface area contributed by atoms with Crippen LogP contribution >= 0.6 is 0 Å². The van der Waals surface area contributed by atoms with E-state index in [9.17, 15) is 19.8 Å². The SMILES string of the molecule is CCCCc1c(O)c2c3c(cccc3c1O)C(=O)N(c1ccccc1)C2=O. The van der Waals surface area contributed by atoms with Crippen molar-refractivity contribution in [2.45, 2.75) is 26.2 Å². The molecule has 1 aliphatic heterocycles. The van der Waals surface area contributed by atoms with Crippen LogP contribution in [0.25, 0.3) is 10.8 Å². The maximum absolute atomic E-state index is 13.2. The Labute approximate surface area is 156 Å². The molecule has 0 fully saturated rings. The molecule has 0 atom stereocenters. The second-order valence-corrected chi connectivity index (χ2v) is 6.66. The van der Waals surface area contributed by atoms with E-state index in [-0.39, 0.29) is 17.1 Å². The summed E-state index contributed by atoms with van der Waals surface area (Å²) in [5, 5.41) is 22.3. The highest BCUT2D eigenvalue weighted by molar-refractivity contribution is 6.37. The number of phenolic OH excluding ortho intramolecular Hbond substituents is 2. The van der Waals surface area contributed by atoms with Gasteiger partial charge in [0.25, 0.3) is 11.8 Å². The Morgan fingerprint density at radius 3 is 2.33 bits per heavy atom. The fraction of sp³-hybridized carbons (Fsp3) is 0.182. The molecule has 0 saturated heterocycles. The van der Waals surface area contributed by atoms with E-state index < -0.39 is 11.8 Å². The molecule has 2 amide bonds. The van der Waals surface area contributed by atoms with Gasteiger partial charge in [-0.05, 0) is 31.0 Å². The molecule has 3 aromatic carbocycles. The number of hydrogen-bond acceptors (Lipinski definition) is 4. The lowest BCUT2D eigenvalue weighted by atomic mass is 9.88. The number of para-hydroxylation sites is 1. The smallest absolute Gasteiger partial charge is 0.269 e. The first kappa shape index (κ1) is 17.1. The van der Waals surface area contributed by atoms with E-state index in [1.54, 1.807) is 48.5 Å². The van der Waals surface area contributed by atoms with Crippen LogP contribution in [0.15, 0.2) is 48.5 Å². The molecule has 0 aromatic heterocycles. The quantitative estimate of drug-likeness (QED) is 0.676. The van der Waals surface area contributed by atoms with E-state index in [2.05, 4.69) is 0 Å². The Hall–Kier alpha value is -3.34. The van der Waals surface area contributed by atoms with Gasteiger partial charge in [-0.25, -0.2) is 4.90 Å². The minimum absolute atomic E-state index is 0.0599. The number of unbranched alkanes of at least 4 members (excludes halogenated alkanes) is 1. The van der Waals surface area contributed by atoms with E-state index in [0.29, 0.717) is 34.0 Å². The van der Waals surface area contributed by atoms with Crippen LogP contribution in [-0.2, 0) is 6.42 Å². The average molecular weight is 361 g/mol. The van der Waals surface area contributed by atoms with Gasteiger partial charge < -0.3 is 10.2 Å². The molecule has 2 N–H and O–H groups in total. The number of rotatable bonds is 4. The lowest BCUT2D eigenvalue weighted by Gasteiger charge is -2.28. The van der Waals surface area contributed by atoms with Crippen LogP contribution in [0.4, 0.5) is 5.69 Å². The highest BCUT2D eigenvalue weighted by Crippen LogP contribution is 2.45. The highest BCUT2D eigenvalue weighted by atomic mass is 16.3.